The number of aromatic nitrogens is 3. The lowest BCUT2D eigenvalue weighted by atomic mass is 10.1. The van der Waals surface area contributed by atoms with Gasteiger partial charge < -0.3 is 5.32 Å². The lowest BCUT2D eigenvalue weighted by molar-refractivity contribution is 0.102. The molecule has 0 fully saturated rings. The van der Waals surface area contributed by atoms with Crippen LogP contribution in [0.4, 0.5) is 5.82 Å². The van der Waals surface area contributed by atoms with E-state index in [-0.39, 0.29) is 5.91 Å². The van der Waals surface area contributed by atoms with Crippen molar-refractivity contribution in [2.75, 3.05) is 5.32 Å². The summed E-state index contributed by atoms with van der Waals surface area (Å²) >= 11 is 0. The number of amides is 1. The van der Waals surface area contributed by atoms with E-state index in [9.17, 15) is 4.79 Å². The summed E-state index contributed by atoms with van der Waals surface area (Å²) in [5, 5.41) is 12.4. The molecule has 1 heterocycles. The van der Waals surface area contributed by atoms with Crippen LogP contribution in [0.25, 0.3) is 0 Å². The van der Waals surface area contributed by atoms with Crippen LogP contribution in [0.3, 0.4) is 0 Å². The van der Waals surface area contributed by atoms with Crippen molar-refractivity contribution in [2.24, 2.45) is 0 Å². The number of aromatic amines is 1. The highest BCUT2D eigenvalue weighted by Crippen LogP contribution is 2.09. The van der Waals surface area contributed by atoms with Crippen molar-refractivity contribution < 1.29 is 4.79 Å². The molecule has 15 heavy (non-hydrogen) atoms. The molecule has 0 spiro atoms. The van der Waals surface area contributed by atoms with Crippen LogP contribution in [0.2, 0.25) is 0 Å². The summed E-state index contributed by atoms with van der Waals surface area (Å²) in [5.41, 5.74) is 1.57. The third-order valence-corrected chi connectivity index (χ3v) is 2.05. The third-order valence-electron chi connectivity index (χ3n) is 2.05. The average Bonchev–Trinajstić information content (AvgIpc) is 2.71. The molecule has 0 radical (unpaired) electrons. The molecule has 76 valence electrons. The fraction of sp³-hybridized carbons (Fsp3) is 0.100. The van der Waals surface area contributed by atoms with Gasteiger partial charge >= 0.3 is 0 Å². The minimum Gasteiger partial charge on any atom is -0.304 e. The van der Waals surface area contributed by atoms with Gasteiger partial charge in [-0.2, -0.15) is 10.3 Å². The molecule has 0 unspecified atom stereocenters. The first kappa shape index (κ1) is 9.39. The van der Waals surface area contributed by atoms with E-state index in [0.717, 1.165) is 5.56 Å². The minimum absolute atomic E-state index is 0.179. The quantitative estimate of drug-likeness (QED) is 0.772. The smallest absolute Gasteiger partial charge is 0.257 e. The lowest BCUT2D eigenvalue weighted by Gasteiger charge is -2.03. The van der Waals surface area contributed by atoms with Gasteiger partial charge in [-0.1, -0.05) is 18.2 Å². The fourth-order valence-electron chi connectivity index (χ4n) is 1.27. The fourth-order valence-corrected chi connectivity index (χ4v) is 1.27. The predicted molar refractivity (Wildman–Crippen MR) is 55.5 cm³/mol. The number of nitrogens with one attached hydrogen (secondary N) is 2. The van der Waals surface area contributed by atoms with E-state index in [1.165, 1.54) is 6.20 Å². The van der Waals surface area contributed by atoms with Crippen molar-refractivity contribution in [3.8, 4) is 0 Å². The Kier molecular flexibility index (Phi) is 2.45. The second-order valence-electron chi connectivity index (χ2n) is 3.12. The maximum Gasteiger partial charge on any atom is 0.257 e. The summed E-state index contributed by atoms with van der Waals surface area (Å²) in [6, 6.07) is 7.37. The number of rotatable bonds is 2. The van der Waals surface area contributed by atoms with Crippen LogP contribution in [0.5, 0.6) is 0 Å². The molecular formula is C10H10N4O. The Bertz CT molecular complexity index is 464. The molecule has 2 N–H and O–H groups in total. The van der Waals surface area contributed by atoms with Gasteiger partial charge in [-0.25, -0.2) is 0 Å². The Morgan fingerprint density at radius 1 is 1.40 bits per heavy atom. The standard InChI is InChI=1S/C10H10N4O/c1-7-4-2-3-5-8(7)10(15)12-9-6-11-14-13-9/h2-6H,1H3,(H2,11,12,13,14,15). The number of hydrogen-bond donors (Lipinski definition) is 2. The van der Waals surface area contributed by atoms with Gasteiger partial charge in [-0.3, -0.25) is 4.79 Å². The van der Waals surface area contributed by atoms with E-state index in [1.54, 1.807) is 6.07 Å². The first-order valence-corrected chi connectivity index (χ1v) is 4.50. The van der Waals surface area contributed by atoms with Gasteiger partial charge in [0.2, 0.25) is 0 Å². The second kappa shape index (κ2) is 3.91. The number of carbonyl (C=O) groups excluding carboxylic acids is 1. The zero-order chi connectivity index (χ0) is 10.7. The van der Waals surface area contributed by atoms with Crippen molar-refractivity contribution in [1.82, 2.24) is 15.4 Å². The summed E-state index contributed by atoms with van der Waals surface area (Å²) in [7, 11) is 0. The van der Waals surface area contributed by atoms with Crippen molar-refractivity contribution in [3.05, 3.63) is 41.6 Å². The van der Waals surface area contributed by atoms with Gasteiger partial charge in [0.15, 0.2) is 5.82 Å². The SMILES string of the molecule is Cc1ccccc1C(=O)Nc1cn[nH]n1. The first-order valence-electron chi connectivity index (χ1n) is 4.50. The number of carbonyl (C=O) groups is 1. The molecule has 0 saturated heterocycles. The molecule has 0 bridgehead atoms. The van der Waals surface area contributed by atoms with E-state index in [2.05, 4.69) is 20.7 Å². The molecule has 0 aliphatic heterocycles. The second-order valence-corrected chi connectivity index (χ2v) is 3.12. The normalized spacial score (nSPS) is 9.93. The monoisotopic (exact) mass is 202 g/mol. The summed E-state index contributed by atoms with van der Waals surface area (Å²) in [6.45, 7) is 1.89. The Labute approximate surface area is 86.5 Å². The van der Waals surface area contributed by atoms with E-state index in [0.29, 0.717) is 11.4 Å². The molecule has 0 atom stereocenters. The van der Waals surface area contributed by atoms with E-state index >= 15 is 0 Å². The number of anilines is 1. The first-order chi connectivity index (χ1) is 7.27. The van der Waals surface area contributed by atoms with Crippen molar-refractivity contribution in [1.29, 1.82) is 0 Å². The molecule has 2 rings (SSSR count). The van der Waals surface area contributed by atoms with Crippen LogP contribution >= 0.6 is 0 Å². The molecular weight excluding hydrogens is 192 g/mol. The van der Waals surface area contributed by atoms with Crippen LogP contribution in [0, 0.1) is 6.92 Å². The van der Waals surface area contributed by atoms with Gasteiger partial charge in [0.1, 0.15) is 0 Å². The van der Waals surface area contributed by atoms with Crippen molar-refractivity contribution in [2.45, 2.75) is 6.92 Å². The topological polar surface area (TPSA) is 70.7 Å². The number of nitrogens with zero attached hydrogens (tertiary/aromatic N) is 2. The van der Waals surface area contributed by atoms with E-state index in [1.807, 2.05) is 25.1 Å². The van der Waals surface area contributed by atoms with Crippen LogP contribution in [0.1, 0.15) is 15.9 Å². The highest BCUT2D eigenvalue weighted by atomic mass is 16.1. The van der Waals surface area contributed by atoms with Crippen molar-refractivity contribution in [3.63, 3.8) is 0 Å². The molecule has 0 saturated carbocycles. The Hall–Kier alpha value is -2.17. The highest BCUT2D eigenvalue weighted by Gasteiger charge is 2.08. The molecule has 2 aromatic rings. The van der Waals surface area contributed by atoms with Crippen molar-refractivity contribution >= 4 is 11.7 Å². The van der Waals surface area contributed by atoms with Crippen LogP contribution in [0.15, 0.2) is 30.5 Å². The van der Waals surface area contributed by atoms with Gasteiger partial charge in [0.25, 0.3) is 5.91 Å². The zero-order valence-electron chi connectivity index (χ0n) is 8.19. The summed E-state index contributed by atoms with van der Waals surface area (Å²) in [6.07, 6.45) is 1.45. The molecule has 1 amide bonds. The average molecular weight is 202 g/mol. The Morgan fingerprint density at radius 2 is 2.20 bits per heavy atom. The summed E-state index contributed by atoms with van der Waals surface area (Å²) < 4.78 is 0. The summed E-state index contributed by atoms with van der Waals surface area (Å²) in [4.78, 5) is 11.7. The molecule has 0 aliphatic carbocycles. The molecule has 1 aromatic heterocycles. The third kappa shape index (κ3) is 2.01. The summed E-state index contributed by atoms with van der Waals surface area (Å²) in [5.74, 6) is 0.241. The minimum atomic E-state index is -0.179. The number of benzene rings is 1. The molecule has 0 aliphatic rings. The number of H-pyrrole nitrogens is 1. The maximum atomic E-state index is 11.7. The van der Waals surface area contributed by atoms with Crippen LogP contribution < -0.4 is 5.32 Å². The molecule has 1 aromatic carbocycles. The van der Waals surface area contributed by atoms with E-state index < -0.39 is 0 Å². The number of hydrogen-bond acceptors (Lipinski definition) is 3. The largest absolute Gasteiger partial charge is 0.304 e. The number of aryl methyl sites for hydroxylation is 1. The van der Waals surface area contributed by atoms with Gasteiger partial charge in [0.05, 0.1) is 6.20 Å². The Morgan fingerprint density at radius 3 is 2.87 bits per heavy atom. The van der Waals surface area contributed by atoms with Gasteiger partial charge in [0, 0.05) is 5.56 Å². The Balaban J connectivity index is 2.19. The highest BCUT2D eigenvalue weighted by molar-refractivity contribution is 6.04. The van der Waals surface area contributed by atoms with Crippen LogP contribution in [-0.2, 0) is 0 Å². The lowest BCUT2D eigenvalue weighted by Crippen LogP contribution is -2.13. The zero-order valence-corrected chi connectivity index (χ0v) is 8.19. The molecule has 5 nitrogen and oxygen atoms in total. The maximum absolute atomic E-state index is 11.7. The molecule has 5 heteroatoms. The van der Waals surface area contributed by atoms with Gasteiger partial charge in [-0.05, 0) is 18.6 Å². The van der Waals surface area contributed by atoms with Crippen LogP contribution in [-0.4, -0.2) is 21.3 Å². The van der Waals surface area contributed by atoms with Gasteiger partial charge in [-0.15, -0.1) is 5.10 Å². The van der Waals surface area contributed by atoms with E-state index in [4.69, 9.17) is 0 Å². The predicted octanol–water partition coefficient (Wildman–Crippen LogP) is 1.37.